The molecule has 0 aromatic heterocycles. The van der Waals surface area contributed by atoms with E-state index in [-0.39, 0.29) is 5.41 Å². The highest BCUT2D eigenvalue weighted by molar-refractivity contribution is 5.75. The van der Waals surface area contributed by atoms with Crippen molar-refractivity contribution in [1.82, 2.24) is 5.32 Å². The van der Waals surface area contributed by atoms with Gasteiger partial charge in [0.25, 0.3) is 0 Å². The van der Waals surface area contributed by atoms with Gasteiger partial charge in [0, 0.05) is 0 Å². The second-order valence-electron chi connectivity index (χ2n) is 5.45. The fourth-order valence-corrected chi connectivity index (χ4v) is 1.58. The van der Waals surface area contributed by atoms with Crippen molar-refractivity contribution in [1.29, 1.82) is 0 Å². The Balaban J connectivity index is 2.60. The average Bonchev–Trinajstić information content (AvgIpc) is 2.23. The molecule has 0 unspecified atom stereocenters. The number of hydrogen-bond donors (Lipinski definition) is 2. The fraction of sp³-hybridized carbons (Fsp3) is 0.500. The lowest BCUT2D eigenvalue weighted by atomic mass is 9.92. The third kappa shape index (κ3) is 5.00. The molecule has 2 N–H and O–H groups in total. The molecule has 94 valence electrons. The summed E-state index contributed by atoms with van der Waals surface area (Å²) in [6.07, 6.45) is 0.948. The molecule has 1 aromatic rings. The van der Waals surface area contributed by atoms with E-state index >= 15 is 0 Å². The Morgan fingerprint density at radius 3 is 2.35 bits per heavy atom. The number of carboxylic acids is 1. The summed E-state index contributed by atoms with van der Waals surface area (Å²) < 4.78 is 0. The van der Waals surface area contributed by atoms with Crippen molar-refractivity contribution in [3.8, 4) is 0 Å². The third-order valence-electron chi connectivity index (χ3n) is 2.60. The molecule has 0 saturated carbocycles. The van der Waals surface area contributed by atoms with Gasteiger partial charge in [0.05, 0.1) is 0 Å². The van der Waals surface area contributed by atoms with Crippen molar-refractivity contribution in [3.63, 3.8) is 0 Å². The standard InChI is InChI=1S/C14H21NO2/c1-14(2,3)9-10-15-12(13(16)17)11-7-5-4-6-8-11/h4-8,12,15H,9-10H2,1-3H3,(H,16,17)/t12-/m1/s1. The number of benzene rings is 1. The predicted molar refractivity (Wildman–Crippen MR) is 68.9 cm³/mol. The van der Waals surface area contributed by atoms with E-state index in [1.165, 1.54) is 0 Å². The highest BCUT2D eigenvalue weighted by Crippen LogP contribution is 2.19. The molecule has 0 spiro atoms. The Kier molecular flexibility index (Phi) is 4.70. The normalized spacial score (nSPS) is 13.4. The van der Waals surface area contributed by atoms with E-state index in [4.69, 9.17) is 0 Å². The van der Waals surface area contributed by atoms with Crippen molar-refractivity contribution >= 4 is 5.97 Å². The van der Waals surface area contributed by atoms with Gasteiger partial charge in [-0.2, -0.15) is 0 Å². The summed E-state index contributed by atoms with van der Waals surface area (Å²) in [5.41, 5.74) is 1.01. The molecular weight excluding hydrogens is 214 g/mol. The predicted octanol–water partition coefficient (Wildman–Crippen LogP) is 2.84. The van der Waals surface area contributed by atoms with E-state index in [0.717, 1.165) is 12.0 Å². The Bertz CT molecular complexity index is 354. The van der Waals surface area contributed by atoms with Gasteiger partial charge >= 0.3 is 5.97 Å². The molecule has 0 fully saturated rings. The lowest BCUT2D eigenvalue weighted by Gasteiger charge is -2.21. The molecule has 0 amide bonds. The SMILES string of the molecule is CC(C)(C)CCN[C@@H](C(=O)O)c1ccccc1. The maximum Gasteiger partial charge on any atom is 0.325 e. The summed E-state index contributed by atoms with van der Waals surface area (Å²) in [6, 6.07) is 8.66. The van der Waals surface area contributed by atoms with Crippen LogP contribution < -0.4 is 5.32 Å². The number of hydrogen-bond acceptors (Lipinski definition) is 2. The molecule has 17 heavy (non-hydrogen) atoms. The van der Waals surface area contributed by atoms with Gasteiger partial charge in [0.2, 0.25) is 0 Å². The molecule has 0 aliphatic heterocycles. The quantitative estimate of drug-likeness (QED) is 0.825. The maximum absolute atomic E-state index is 11.2. The lowest BCUT2D eigenvalue weighted by Crippen LogP contribution is -2.30. The average molecular weight is 235 g/mol. The molecule has 1 rings (SSSR count). The van der Waals surface area contributed by atoms with Crippen molar-refractivity contribution in [2.24, 2.45) is 5.41 Å². The van der Waals surface area contributed by atoms with Crippen molar-refractivity contribution < 1.29 is 9.90 Å². The zero-order chi connectivity index (χ0) is 12.9. The molecular formula is C14H21NO2. The van der Waals surface area contributed by atoms with Crippen LogP contribution in [0.1, 0.15) is 38.8 Å². The zero-order valence-electron chi connectivity index (χ0n) is 10.7. The minimum absolute atomic E-state index is 0.215. The monoisotopic (exact) mass is 235 g/mol. The first kappa shape index (κ1) is 13.7. The number of carboxylic acid groups (broad SMARTS) is 1. The van der Waals surface area contributed by atoms with Crippen LogP contribution in [-0.2, 0) is 4.79 Å². The molecule has 3 nitrogen and oxygen atoms in total. The molecule has 1 aromatic carbocycles. The van der Waals surface area contributed by atoms with Crippen LogP contribution in [0.15, 0.2) is 30.3 Å². The highest BCUT2D eigenvalue weighted by atomic mass is 16.4. The van der Waals surface area contributed by atoms with E-state index in [1.54, 1.807) is 0 Å². The van der Waals surface area contributed by atoms with Crippen LogP contribution in [0.2, 0.25) is 0 Å². The summed E-state index contributed by atoms with van der Waals surface area (Å²) in [7, 11) is 0. The van der Waals surface area contributed by atoms with Crippen LogP contribution in [0.3, 0.4) is 0 Å². The van der Waals surface area contributed by atoms with E-state index < -0.39 is 12.0 Å². The molecule has 0 saturated heterocycles. The topological polar surface area (TPSA) is 49.3 Å². The molecule has 0 aliphatic rings. The van der Waals surface area contributed by atoms with Crippen LogP contribution in [0.4, 0.5) is 0 Å². The second-order valence-corrected chi connectivity index (χ2v) is 5.45. The van der Waals surface area contributed by atoms with Crippen molar-refractivity contribution in [2.75, 3.05) is 6.54 Å². The van der Waals surface area contributed by atoms with Crippen LogP contribution in [-0.4, -0.2) is 17.6 Å². The molecule has 0 radical (unpaired) electrons. The van der Waals surface area contributed by atoms with Crippen LogP contribution >= 0.6 is 0 Å². The Labute approximate surface area is 103 Å². The number of nitrogens with one attached hydrogen (secondary N) is 1. The summed E-state index contributed by atoms with van der Waals surface area (Å²) in [4.78, 5) is 11.2. The highest BCUT2D eigenvalue weighted by Gasteiger charge is 2.19. The molecule has 0 heterocycles. The first-order chi connectivity index (χ1) is 7.90. The van der Waals surface area contributed by atoms with Gasteiger partial charge in [-0.25, -0.2) is 0 Å². The maximum atomic E-state index is 11.2. The number of rotatable bonds is 5. The summed E-state index contributed by atoms with van der Waals surface area (Å²) in [5.74, 6) is -0.829. The van der Waals surface area contributed by atoms with Crippen LogP contribution in [0, 0.1) is 5.41 Å². The molecule has 3 heteroatoms. The fourth-order valence-electron chi connectivity index (χ4n) is 1.58. The van der Waals surface area contributed by atoms with Gasteiger partial charge in [-0.3, -0.25) is 4.79 Å². The van der Waals surface area contributed by atoms with E-state index in [9.17, 15) is 9.90 Å². The van der Waals surface area contributed by atoms with Gasteiger partial charge in [-0.05, 0) is 23.9 Å². The van der Waals surface area contributed by atoms with Gasteiger partial charge < -0.3 is 10.4 Å². The first-order valence-electron chi connectivity index (χ1n) is 5.91. The van der Waals surface area contributed by atoms with Gasteiger partial charge in [0.1, 0.15) is 6.04 Å². The summed E-state index contributed by atoms with van der Waals surface area (Å²) in [6.45, 7) is 7.14. The molecule has 0 bridgehead atoms. The third-order valence-corrected chi connectivity index (χ3v) is 2.60. The van der Waals surface area contributed by atoms with Crippen LogP contribution in [0.5, 0.6) is 0 Å². The molecule has 1 atom stereocenters. The van der Waals surface area contributed by atoms with E-state index in [0.29, 0.717) is 6.54 Å². The summed E-state index contributed by atoms with van der Waals surface area (Å²) in [5, 5.41) is 12.3. The Morgan fingerprint density at radius 2 is 1.88 bits per heavy atom. The first-order valence-corrected chi connectivity index (χ1v) is 5.91. The molecule has 0 aliphatic carbocycles. The smallest absolute Gasteiger partial charge is 0.325 e. The minimum Gasteiger partial charge on any atom is -0.480 e. The largest absolute Gasteiger partial charge is 0.480 e. The lowest BCUT2D eigenvalue weighted by molar-refractivity contribution is -0.139. The Morgan fingerprint density at radius 1 is 1.29 bits per heavy atom. The van der Waals surface area contributed by atoms with Gasteiger partial charge in [0.15, 0.2) is 0 Å². The van der Waals surface area contributed by atoms with Gasteiger partial charge in [-0.1, -0.05) is 51.1 Å². The van der Waals surface area contributed by atoms with Crippen LogP contribution in [0.25, 0.3) is 0 Å². The number of carbonyl (C=O) groups is 1. The van der Waals surface area contributed by atoms with Crippen molar-refractivity contribution in [2.45, 2.75) is 33.2 Å². The Hall–Kier alpha value is -1.35. The van der Waals surface area contributed by atoms with E-state index in [1.807, 2.05) is 30.3 Å². The van der Waals surface area contributed by atoms with Crippen molar-refractivity contribution in [3.05, 3.63) is 35.9 Å². The van der Waals surface area contributed by atoms with E-state index in [2.05, 4.69) is 26.1 Å². The van der Waals surface area contributed by atoms with Gasteiger partial charge in [-0.15, -0.1) is 0 Å². The number of aliphatic carboxylic acids is 1. The second kappa shape index (κ2) is 5.82. The minimum atomic E-state index is -0.829. The zero-order valence-corrected chi connectivity index (χ0v) is 10.7. The summed E-state index contributed by atoms with van der Waals surface area (Å²) >= 11 is 0.